The summed E-state index contributed by atoms with van der Waals surface area (Å²) in [5.41, 5.74) is 3.21. The topological polar surface area (TPSA) is 15.3 Å². The van der Waals surface area contributed by atoms with Gasteiger partial charge in [0, 0.05) is 30.4 Å². The number of piperazine rings is 1. The van der Waals surface area contributed by atoms with Crippen LogP contribution in [0.1, 0.15) is 65.4 Å². The van der Waals surface area contributed by atoms with Crippen LogP contribution in [0.3, 0.4) is 0 Å². The molecule has 1 aromatic carbocycles. The highest BCUT2D eigenvalue weighted by molar-refractivity contribution is 5.56. The van der Waals surface area contributed by atoms with Gasteiger partial charge in [0.25, 0.3) is 0 Å². The molecule has 1 aliphatic heterocycles. The summed E-state index contributed by atoms with van der Waals surface area (Å²) in [6.07, 6.45) is 3.59. The van der Waals surface area contributed by atoms with Gasteiger partial charge < -0.3 is 10.2 Å². The normalized spacial score (nSPS) is 21.8. The van der Waals surface area contributed by atoms with Crippen molar-refractivity contribution in [3.8, 4) is 0 Å². The zero-order chi connectivity index (χ0) is 15.5. The number of benzene rings is 1. The molecule has 2 nitrogen and oxygen atoms in total. The zero-order valence-corrected chi connectivity index (χ0v) is 14.4. The van der Waals surface area contributed by atoms with Crippen LogP contribution in [-0.2, 0) is 0 Å². The van der Waals surface area contributed by atoms with Crippen LogP contribution in [0.2, 0.25) is 0 Å². The van der Waals surface area contributed by atoms with Gasteiger partial charge in [-0.2, -0.15) is 0 Å². The van der Waals surface area contributed by atoms with Crippen molar-refractivity contribution in [1.29, 1.82) is 0 Å². The van der Waals surface area contributed by atoms with Crippen molar-refractivity contribution in [2.24, 2.45) is 0 Å². The fraction of sp³-hybridized carbons (Fsp3) is 0.684. The first-order chi connectivity index (χ1) is 10.1. The molecule has 1 N–H and O–H groups in total. The van der Waals surface area contributed by atoms with Gasteiger partial charge in [0.2, 0.25) is 0 Å². The Hall–Kier alpha value is -1.02. The van der Waals surface area contributed by atoms with E-state index in [4.69, 9.17) is 0 Å². The third kappa shape index (κ3) is 3.26. The number of nitrogens with one attached hydrogen (secondary N) is 1. The molecule has 0 aromatic heterocycles. The molecule has 2 rings (SSSR count). The third-order valence-electron chi connectivity index (χ3n) is 5.32. The maximum atomic E-state index is 3.84. The van der Waals surface area contributed by atoms with Crippen LogP contribution in [0, 0.1) is 0 Å². The molecule has 1 atom stereocenters. The minimum absolute atomic E-state index is 0.274. The van der Waals surface area contributed by atoms with Crippen molar-refractivity contribution < 1.29 is 0 Å². The molecule has 0 bridgehead atoms. The molecular weight excluding hydrogens is 256 g/mol. The van der Waals surface area contributed by atoms with Gasteiger partial charge in [-0.25, -0.2) is 0 Å². The van der Waals surface area contributed by atoms with Crippen LogP contribution in [0.25, 0.3) is 0 Å². The summed E-state index contributed by atoms with van der Waals surface area (Å²) < 4.78 is 0. The number of hydrogen-bond acceptors (Lipinski definition) is 2. The molecule has 0 amide bonds. The maximum absolute atomic E-state index is 3.84. The van der Waals surface area contributed by atoms with E-state index in [2.05, 4.69) is 69.1 Å². The van der Waals surface area contributed by atoms with Gasteiger partial charge in [-0.1, -0.05) is 52.8 Å². The highest BCUT2D eigenvalue weighted by Gasteiger charge is 2.36. The van der Waals surface area contributed by atoms with Crippen LogP contribution in [0.5, 0.6) is 0 Å². The lowest BCUT2D eigenvalue weighted by Crippen LogP contribution is -2.64. The van der Waals surface area contributed by atoms with E-state index in [1.165, 1.54) is 30.5 Å². The van der Waals surface area contributed by atoms with Crippen LogP contribution in [-0.4, -0.2) is 24.7 Å². The minimum atomic E-state index is 0.274. The number of anilines is 1. The molecule has 0 spiro atoms. The molecule has 1 aromatic rings. The third-order valence-corrected chi connectivity index (χ3v) is 5.32. The largest absolute Gasteiger partial charge is 0.365 e. The Morgan fingerprint density at radius 3 is 2.43 bits per heavy atom. The van der Waals surface area contributed by atoms with Crippen molar-refractivity contribution >= 4 is 5.69 Å². The first kappa shape index (κ1) is 16.4. The van der Waals surface area contributed by atoms with E-state index in [1.807, 2.05) is 0 Å². The van der Waals surface area contributed by atoms with Gasteiger partial charge in [-0.05, 0) is 36.8 Å². The zero-order valence-electron chi connectivity index (χ0n) is 14.4. The Morgan fingerprint density at radius 1 is 1.19 bits per heavy atom. The Morgan fingerprint density at radius 2 is 1.86 bits per heavy atom. The minimum Gasteiger partial charge on any atom is -0.365 e. The lowest BCUT2D eigenvalue weighted by Gasteiger charge is -2.49. The molecule has 2 heteroatoms. The smallest absolute Gasteiger partial charge is 0.0413 e. The molecule has 1 fully saturated rings. The maximum Gasteiger partial charge on any atom is 0.0413 e. The second kappa shape index (κ2) is 6.83. The van der Waals surface area contributed by atoms with Crippen molar-refractivity contribution in [2.45, 2.75) is 71.4 Å². The summed E-state index contributed by atoms with van der Waals surface area (Å²) >= 11 is 0. The van der Waals surface area contributed by atoms with E-state index in [0.29, 0.717) is 12.0 Å². The second-order valence-electron chi connectivity index (χ2n) is 6.77. The van der Waals surface area contributed by atoms with E-state index in [9.17, 15) is 0 Å². The highest BCUT2D eigenvalue weighted by Crippen LogP contribution is 2.33. The average Bonchev–Trinajstić information content (AvgIpc) is 2.54. The van der Waals surface area contributed by atoms with Gasteiger partial charge in [0.15, 0.2) is 0 Å². The van der Waals surface area contributed by atoms with E-state index in [1.54, 1.807) is 0 Å². The number of para-hydroxylation sites is 1. The van der Waals surface area contributed by atoms with Crippen molar-refractivity contribution in [3.05, 3.63) is 29.8 Å². The van der Waals surface area contributed by atoms with Crippen LogP contribution in [0.4, 0.5) is 5.69 Å². The molecule has 1 aliphatic rings. The van der Waals surface area contributed by atoms with E-state index >= 15 is 0 Å². The Balaban J connectivity index is 2.38. The number of rotatable bonds is 5. The SMILES string of the molecule is CCC1CNC(CC)(CC)CN1c1ccccc1C(C)C. The Labute approximate surface area is 130 Å². The molecule has 1 saturated heterocycles. The molecule has 0 aliphatic carbocycles. The van der Waals surface area contributed by atoms with E-state index in [-0.39, 0.29) is 5.54 Å². The monoisotopic (exact) mass is 288 g/mol. The summed E-state index contributed by atoms with van der Waals surface area (Å²) in [4.78, 5) is 2.68. The first-order valence-electron chi connectivity index (χ1n) is 8.67. The second-order valence-corrected chi connectivity index (χ2v) is 6.77. The summed E-state index contributed by atoms with van der Waals surface area (Å²) in [5.74, 6) is 0.575. The molecule has 0 radical (unpaired) electrons. The van der Waals surface area contributed by atoms with Crippen molar-refractivity contribution in [1.82, 2.24) is 5.32 Å². The molecule has 0 saturated carbocycles. The lowest BCUT2D eigenvalue weighted by atomic mass is 9.87. The fourth-order valence-corrected chi connectivity index (χ4v) is 3.56. The molecule has 21 heavy (non-hydrogen) atoms. The van der Waals surface area contributed by atoms with Gasteiger partial charge >= 0.3 is 0 Å². The summed E-state index contributed by atoms with van der Waals surface area (Å²) in [6, 6.07) is 9.59. The van der Waals surface area contributed by atoms with Crippen molar-refractivity contribution in [3.63, 3.8) is 0 Å². The molecular formula is C19H32N2. The Bertz CT molecular complexity index is 449. The van der Waals surface area contributed by atoms with E-state index in [0.717, 1.165) is 13.1 Å². The molecule has 118 valence electrons. The lowest BCUT2D eigenvalue weighted by molar-refractivity contribution is 0.246. The standard InChI is InChI=1S/C19H32N2/c1-6-16-13-20-19(7-2,8-3)14-21(16)18-12-10-9-11-17(18)15(4)5/h9-12,15-16,20H,6-8,13-14H2,1-5H3. The van der Waals surface area contributed by atoms with Crippen molar-refractivity contribution in [2.75, 3.05) is 18.0 Å². The fourth-order valence-electron chi connectivity index (χ4n) is 3.56. The predicted octanol–water partition coefficient (Wildman–Crippen LogP) is 4.56. The van der Waals surface area contributed by atoms with Crippen LogP contribution in [0.15, 0.2) is 24.3 Å². The summed E-state index contributed by atoms with van der Waals surface area (Å²) in [6.45, 7) is 13.8. The van der Waals surface area contributed by atoms with E-state index < -0.39 is 0 Å². The number of nitrogens with zero attached hydrogens (tertiary/aromatic N) is 1. The van der Waals surface area contributed by atoms with Gasteiger partial charge in [0.1, 0.15) is 0 Å². The molecule has 1 unspecified atom stereocenters. The average molecular weight is 288 g/mol. The summed E-state index contributed by atoms with van der Waals surface area (Å²) in [7, 11) is 0. The van der Waals surface area contributed by atoms with Gasteiger partial charge in [-0.3, -0.25) is 0 Å². The van der Waals surface area contributed by atoms with Crippen LogP contribution < -0.4 is 10.2 Å². The quantitative estimate of drug-likeness (QED) is 0.854. The first-order valence-corrected chi connectivity index (χ1v) is 8.67. The van der Waals surface area contributed by atoms with Gasteiger partial charge in [-0.15, -0.1) is 0 Å². The predicted molar refractivity (Wildman–Crippen MR) is 93.3 cm³/mol. The molecule has 1 heterocycles. The summed E-state index contributed by atoms with van der Waals surface area (Å²) in [5, 5.41) is 3.84. The highest BCUT2D eigenvalue weighted by atomic mass is 15.3. The Kier molecular flexibility index (Phi) is 5.32. The van der Waals surface area contributed by atoms with Crippen LogP contribution >= 0.6 is 0 Å². The number of hydrogen-bond donors (Lipinski definition) is 1. The van der Waals surface area contributed by atoms with Gasteiger partial charge in [0.05, 0.1) is 0 Å².